The second-order valence-corrected chi connectivity index (χ2v) is 5.06. The molecule has 17 heavy (non-hydrogen) atoms. The summed E-state index contributed by atoms with van der Waals surface area (Å²) in [6, 6.07) is 0.388. The van der Waals surface area contributed by atoms with E-state index in [1.807, 2.05) is 11.9 Å². The van der Waals surface area contributed by atoms with Crippen LogP contribution in [0.15, 0.2) is 0 Å². The lowest BCUT2D eigenvalue weighted by molar-refractivity contribution is 0.247. The minimum atomic E-state index is 0.125. The minimum absolute atomic E-state index is 0.125. The molecule has 1 aliphatic heterocycles. The Kier molecular flexibility index (Phi) is 4.01. The summed E-state index contributed by atoms with van der Waals surface area (Å²) in [5, 5.41) is 7.82. The maximum Gasteiger partial charge on any atom is 0.245 e. The summed E-state index contributed by atoms with van der Waals surface area (Å²) < 4.78 is 0. The summed E-state index contributed by atoms with van der Waals surface area (Å²) in [6.45, 7) is 2.13. The monoisotopic (exact) mass is 275 g/mol. The average molecular weight is 276 g/mol. The molecule has 0 aliphatic carbocycles. The van der Waals surface area contributed by atoms with Crippen molar-refractivity contribution in [3.05, 3.63) is 10.4 Å². The standard InChI is InChI=1S/C10H15Cl2N5/c1-16-5-3-4-7(6-16)17(2)9-8(11)14-15-10(12)13-9/h7H,3-6H2,1-2H3. The quantitative estimate of drug-likeness (QED) is 0.822. The highest BCUT2D eigenvalue weighted by Crippen LogP contribution is 2.25. The van der Waals surface area contributed by atoms with Crippen LogP contribution in [0, 0.1) is 0 Å². The fourth-order valence-corrected chi connectivity index (χ4v) is 2.47. The van der Waals surface area contributed by atoms with E-state index >= 15 is 0 Å². The van der Waals surface area contributed by atoms with Gasteiger partial charge in [-0.15, -0.1) is 10.2 Å². The molecule has 0 aromatic carbocycles. The van der Waals surface area contributed by atoms with Gasteiger partial charge in [-0.25, -0.2) is 0 Å². The third-order valence-electron chi connectivity index (χ3n) is 3.08. The number of anilines is 1. The van der Waals surface area contributed by atoms with E-state index in [2.05, 4.69) is 27.1 Å². The van der Waals surface area contributed by atoms with E-state index < -0.39 is 0 Å². The fraction of sp³-hybridized carbons (Fsp3) is 0.700. The second kappa shape index (κ2) is 5.33. The second-order valence-electron chi connectivity index (χ2n) is 4.36. The Morgan fingerprint density at radius 2 is 2.12 bits per heavy atom. The van der Waals surface area contributed by atoms with E-state index in [1.165, 1.54) is 6.42 Å². The number of rotatable bonds is 2. The molecule has 0 spiro atoms. The number of aromatic nitrogens is 3. The van der Waals surface area contributed by atoms with Gasteiger partial charge in [-0.2, -0.15) is 4.98 Å². The molecule has 1 aromatic rings. The van der Waals surface area contributed by atoms with Crippen molar-refractivity contribution in [3.8, 4) is 0 Å². The van der Waals surface area contributed by atoms with Crippen LogP contribution in [0.4, 0.5) is 5.82 Å². The van der Waals surface area contributed by atoms with Crippen molar-refractivity contribution in [3.63, 3.8) is 0 Å². The van der Waals surface area contributed by atoms with Crippen molar-refractivity contribution < 1.29 is 0 Å². The van der Waals surface area contributed by atoms with Crippen LogP contribution in [0.1, 0.15) is 12.8 Å². The molecule has 2 heterocycles. The molecule has 0 saturated carbocycles. The molecule has 7 heteroatoms. The molecular formula is C10H15Cl2N5. The van der Waals surface area contributed by atoms with Crippen molar-refractivity contribution >= 4 is 29.0 Å². The third-order valence-corrected chi connectivity index (χ3v) is 3.49. The first-order valence-electron chi connectivity index (χ1n) is 5.55. The van der Waals surface area contributed by atoms with Gasteiger partial charge in [-0.1, -0.05) is 11.6 Å². The largest absolute Gasteiger partial charge is 0.353 e. The first-order chi connectivity index (χ1) is 8.08. The van der Waals surface area contributed by atoms with Gasteiger partial charge in [0.15, 0.2) is 11.0 Å². The number of piperidine rings is 1. The van der Waals surface area contributed by atoms with Crippen LogP contribution in [0.2, 0.25) is 10.4 Å². The Labute approximate surface area is 111 Å². The first-order valence-corrected chi connectivity index (χ1v) is 6.30. The Hall–Kier alpha value is -0.650. The molecule has 1 fully saturated rings. The van der Waals surface area contributed by atoms with E-state index in [-0.39, 0.29) is 5.28 Å². The van der Waals surface area contributed by atoms with Crippen molar-refractivity contribution in [2.75, 3.05) is 32.1 Å². The summed E-state index contributed by atoms with van der Waals surface area (Å²) in [7, 11) is 4.09. The zero-order chi connectivity index (χ0) is 12.4. The molecular weight excluding hydrogens is 261 g/mol. The van der Waals surface area contributed by atoms with Gasteiger partial charge in [0.05, 0.1) is 0 Å². The summed E-state index contributed by atoms with van der Waals surface area (Å²) in [5.74, 6) is 0.604. The van der Waals surface area contributed by atoms with Crippen LogP contribution in [0.5, 0.6) is 0 Å². The Bertz CT molecular complexity index is 400. The summed E-state index contributed by atoms with van der Waals surface area (Å²) >= 11 is 11.7. The highest BCUT2D eigenvalue weighted by molar-refractivity contribution is 6.32. The molecule has 94 valence electrons. The number of halogens is 2. The molecule has 1 saturated heterocycles. The molecule has 1 atom stereocenters. The summed E-state index contributed by atoms with van der Waals surface area (Å²) in [5.41, 5.74) is 0. The van der Waals surface area contributed by atoms with Crippen molar-refractivity contribution in [2.45, 2.75) is 18.9 Å². The Morgan fingerprint density at radius 3 is 2.82 bits per heavy atom. The van der Waals surface area contributed by atoms with Crippen LogP contribution in [-0.4, -0.2) is 53.3 Å². The molecule has 0 N–H and O–H groups in total. The molecule has 1 unspecified atom stereocenters. The molecule has 5 nitrogen and oxygen atoms in total. The highest BCUT2D eigenvalue weighted by Gasteiger charge is 2.24. The van der Waals surface area contributed by atoms with Gasteiger partial charge in [-0.05, 0) is 38.0 Å². The van der Waals surface area contributed by atoms with Crippen molar-refractivity contribution in [2.24, 2.45) is 0 Å². The van der Waals surface area contributed by atoms with Crippen LogP contribution >= 0.6 is 23.2 Å². The lowest BCUT2D eigenvalue weighted by Gasteiger charge is -2.36. The van der Waals surface area contributed by atoms with E-state index in [9.17, 15) is 0 Å². The number of hydrogen-bond acceptors (Lipinski definition) is 5. The topological polar surface area (TPSA) is 45.2 Å². The predicted octanol–water partition coefficient (Wildman–Crippen LogP) is 1.71. The maximum atomic E-state index is 6.00. The van der Waals surface area contributed by atoms with Gasteiger partial charge >= 0.3 is 0 Å². The lowest BCUT2D eigenvalue weighted by Crippen LogP contribution is -2.45. The average Bonchev–Trinajstić information content (AvgIpc) is 2.31. The zero-order valence-electron chi connectivity index (χ0n) is 9.90. The van der Waals surface area contributed by atoms with Gasteiger partial charge in [0.25, 0.3) is 0 Å². The van der Waals surface area contributed by atoms with Crippen LogP contribution in [-0.2, 0) is 0 Å². The SMILES string of the molecule is CN1CCCC(N(C)c2nc(Cl)nnc2Cl)C1. The van der Waals surface area contributed by atoms with Gasteiger partial charge in [0.2, 0.25) is 5.28 Å². The fourth-order valence-electron chi connectivity index (χ4n) is 2.14. The van der Waals surface area contributed by atoms with Gasteiger partial charge in [0.1, 0.15) is 0 Å². The molecule has 1 aromatic heterocycles. The van der Waals surface area contributed by atoms with Gasteiger partial charge < -0.3 is 9.80 Å². The molecule has 1 aliphatic rings. The molecule has 0 bridgehead atoms. The van der Waals surface area contributed by atoms with Gasteiger partial charge in [0, 0.05) is 19.6 Å². The number of likely N-dealkylation sites (N-methyl/N-ethyl adjacent to an activating group) is 2. The maximum absolute atomic E-state index is 6.00. The summed E-state index contributed by atoms with van der Waals surface area (Å²) in [4.78, 5) is 8.48. The lowest BCUT2D eigenvalue weighted by atomic mass is 10.1. The first kappa shape index (κ1) is 12.8. The number of nitrogens with zero attached hydrogens (tertiary/aromatic N) is 5. The number of likely N-dealkylation sites (tertiary alicyclic amines) is 1. The third kappa shape index (κ3) is 2.97. The normalized spacial score (nSPS) is 21.5. The van der Waals surface area contributed by atoms with E-state index in [4.69, 9.17) is 23.2 Å². The van der Waals surface area contributed by atoms with E-state index in [0.29, 0.717) is 17.0 Å². The Morgan fingerprint density at radius 1 is 1.35 bits per heavy atom. The van der Waals surface area contributed by atoms with E-state index in [0.717, 1.165) is 19.5 Å². The van der Waals surface area contributed by atoms with Crippen LogP contribution in [0.3, 0.4) is 0 Å². The molecule has 2 rings (SSSR count). The van der Waals surface area contributed by atoms with E-state index in [1.54, 1.807) is 0 Å². The predicted molar refractivity (Wildman–Crippen MR) is 68.8 cm³/mol. The summed E-state index contributed by atoms with van der Waals surface area (Å²) in [6.07, 6.45) is 2.30. The van der Waals surface area contributed by atoms with Crippen molar-refractivity contribution in [1.82, 2.24) is 20.1 Å². The molecule has 0 amide bonds. The zero-order valence-corrected chi connectivity index (χ0v) is 11.4. The minimum Gasteiger partial charge on any atom is -0.353 e. The van der Waals surface area contributed by atoms with Gasteiger partial charge in [-0.3, -0.25) is 0 Å². The van der Waals surface area contributed by atoms with Crippen LogP contribution in [0.25, 0.3) is 0 Å². The molecule has 0 radical (unpaired) electrons. The van der Waals surface area contributed by atoms with Crippen molar-refractivity contribution in [1.29, 1.82) is 0 Å². The van der Waals surface area contributed by atoms with Crippen LogP contribution < -0.4 is 4.90 Å². The smallest absolute Gasteiger partial charge is 0.245 e. The number of hydrogen-bond donors (Lipinski definition) is 0. The Balaban J connectivity index is 2.18. The highest BCUT2D eigenvalue weighted by atomic mass is 35.5.